The summed E-state index contributed by atoms with van der Waals surface area (Å²) in [6, 6.07) is 14.3. The monoisotopic (exact) mass is 497 g/mol. The molecule has 184 valence electrons. The number of benzene rings is 2. The second-order valence-electron chi connectivity index (χ2n) is 8.38. The number of methoxy groups -OCH3 is 1. The highest BCUT2D eigenvalue weighted by atomic mass is 35.5. The topological polar surface area (TPSA) is 110 Å². The highest BCUT2D eigenvalue weighted by Crippen LogP contribution is 2.24. The van der Waals surface area contributed by atoms with E-state index in [1.165, 1.54) is 0 Å². The highest BCUT2D eigenvalue weighted by Gasteiger charge is 2.28. The van der Waals surface area contributed by atoms with Crippen LogP contribution in [0.4, 0.5) is 5.69 Å². The first-order valence-corrected chi connectivity index (χ1v) is 11.9. The number of carbonyl (C=O) groups is 2. The van der Waals surface area contributed by atoms with Gasteiger partial charge in [-0.15, -0.1) is 0 Å². The number of nitrogens with one attached hydrogen (secondary N) is 2. The molecule has 1 aliphatic rings. The molecule has 2 amide bonds. The molecule has 4 rings (SSSR count). The molecule has 2 aromatic carbocycles. The molecule has 35 heavy (non-hydrogen) atoms. The van der Waals surface area contributed by atoms with Crippen molar-refractivity contribution in [3.05, 3.63) is 65.0 Å². The van der Waals surface area contributed by atoms with Gasteiger partial charge in [-0.2, -0.15) is 4.98 Å². The van der Waals surface area contributed by atoms with E-state index >= 15 is 0 Å². The van der Waals surface area contributed by atoms with Crippen molar-refractivity contribution in [2.75, 3.05) is 38.7 Å². The summed E-state index contributed by atoms with van der Waals surface area (Å²) < 4.78 is 10.4. The zero-order valence-corrected chi connectivity index (χ0v) is 20.3. The zero-order valence-electron chi connectivity index (χ0n) is 19.5. The number of anilines is 1. The van der Waals surface area contributed by atoms with Crippen molar-refractivity contribution in [2.24, 2.45) is 5.92 Å². The van der Waals surface area contributed by atoms with E-state index in [1.807, 2.05) is 12.1 Å². The van der Waals surface area contributed by atoms with Crippen molar-refractivity contribution in [3.63, 3.8) is 0 Å². The number of nitrogens with zero attached hydrogens (tertiary/aromatic N) is 3. The highest BCUT2D eigenvalue weighted by molar-refractivity contribution is 6.30. The lowest BCUT2D eigenvalue weighted by atomic mass is 9.96. The number of likely N-dealkylation sites (tertiary alicyclic amines) is 1. The minimum Gasteiger partial charge on any atom is -0.383 e. The van der Waals surface area contributed by atoms with Crippen molar-refractivity contribution in [1.82, 2.24) is 20.4 Å². The van der Waals surface area contributed by atoms with Gasteiger partial charge in [0.2, 0.25) is 17.6 Å². The number of aromatic nitrogens is 2. The molecule has 2 heterocycles. The van der Waals surface area contributed by atoms with Gasteiger partial charge in [-0.1, -0.05) is 41.0 Å². The fraction of sp³-hybridized carbons (Fsp3) is 0.360. The molecule has 9 nitrogen and oxygen atoms in total. The van der Waals surface area contributed by atoms with Crippen molar-refractivity contribution in [1.29, 1.82) is 0 Å². The summed E-state index contributed by atoms with van der Waals surface area (Å²) in [4.78, 5) is 32.2. The molecule has 1 unspecified atom stereocenters. The number of hydrogen-bond acceptors (Lipinski definition) is 7. The Morgan fingerprint density at radius 3 is 2.91 bits per heavy atom. The number of para-hydroxylation sites is 1. The zero-order chi connectivity index (χ0) is 24.6. The predicted octanol–water partition coefficient (Wildman–Crippen LogP) is 3.62. The minimum absolute atomic E-state index is 0.114. The minimum atomic E-state index is -0.255. The van der Waals surface area contributed by atoms with E-state index in [9.17, 15) is 9.59 Å². The summed E-state index contributed by atoms with van der Waals surface area (Å²) >= 11 is 6.06. The van der Waals surface area contributed by atoms with E-state index in [-0.39, 0.29) is 17.7 Å². The van der Waals surface area contributed by atoms with Gasteiger partial charge in [0.15, 0.2) is 0 Å². The third-order valence-corrected chi connectivity index (χ3v) is 6.04. The number of piperidine rings is 1. The number of ether oxygens (including phenoxy) is 1. The van der Waals surface area contributed by atoms with Gasteiger partial charge in [0.1, 0.15) is 0 Å². The summed E-state index contributed by atoms with van der Waals surface area (Å²) in [6.07, 6.45) is 1.63. The molecule has 1 aliphatic heterocycles. The lowest BCUT2D eigenvalue weighted by Crippen LogP contribution is -2.40. The van der Waals surface area contributed by atoms with Crippen molar-refractivity contribution in [2.45, 2.75) is 19.4 Å². The maximum atomic E-state index is 13.1. The third kappa shape index (κ3) is 6.66. The van der Waals surface area contributed by atoms with Gasteiger partial charge in [0, 0.05) is 30.8 Å². The van der Waals surface area contributed by atoms with Crippen LogP contribution in [0, 0.1) is 5.92 Å². The number of halogens is 1. The Morgan fingerprint density at radius 2 is 2.09 bits per heavy atom. The normalized spacial score (nSPS) is 16.1. The molecule has 1 aromatic heterocycles. The van der Waals surface area contributed by atoms with Gasteiger partial charge in [0.05, 0.1) is 30.3 Å². The number of hydrogen-bond donors (Lipinski definition) is 2. The molecule has 0 saturated carbocycles. The average Bonchev–Trinajstić information content (AvgIpc) is 3.33. The quantitative estimate of drug-likeness (QED) is 0.434. The number of amides is 2. The van der Waals surface area contributed by atoms with Crippen LogP contribution in [0.5, 0.6) is 0 Å². The van der Waals surface area contributed by atoms with Gasteiger partial charge in [-0.3, -0.25) is 14.5 Å². The molecule has 1 saturated heterocycles. The fourth-order valence-corrected chi connectivity index (χ4v) is 4.25. The molecule has 0 radical (unpaired) electrons. The van der Waals surface area contributed by atoms with Crippen LogP contribution in [0.2, 0.25) is 5.02 Å². The molecule has 0 aliphatic carbocycles. The summed E-state index contributed by atoms with van der Waals surface area (Å²) in [7, 11) is 1.57. The lowest BCUT2D eigenvalue weighted by molar-refractivity contribution is -0.121. The van der Waals surface area contributed by atoms with Crippen LogP contribution < -0.4 is 10.6 Å². The van der Waals surface area contributed by atoms with E-state index in [2.05, 4.69) is 25.7 Å². The van der Waals surface area contributed by atoms with E-state index < -0.39 is 0 Å². The average molecular weight is 498 g/mol. The van der Waals surface area contributed by atoms with E-state index in [4.69, 9.17) is 20.9 Å². The first kappa shape index (κ1) is 24.8. The van der Waals surface area contributed by atoms with Gasteiger partial charge in [0.25, 0.3) is 5.91 Å². The third-order valence-electron chi connectivity index (χ3n) is 5.81. The van der Waals surface area contributed by atoms with Crippen LogP contribution in [-0.4, -0.2) is 60.2 Å². The maximum Gasteiger partial charge on any atom is 0.253 e. The molecule has 3 aromatic rings. The van der Waals surface area contributed by atoms with Gasteiger partial charge >= 0.3 is 0 Å². The molecule has 0 bridgehead atoms. The Labute approximate surface area is 208 Å². The molecular weight excluding hydrogens is 470 g/mol. The van der Waals surface area contributed by atoms with Crippen molar-refractivity contribution in [3.8, 4) is 11.4 Å². The fourth-order valence-electron chi connectivity index (χ4n) is 4.06. The smallest absolute Gasteiger partial charge is 0.253 e. The molecule has 2 N–H and O–H groups in total. The Balaban J connectivity index is 1.36. The van der Waals surface area contributed by atoms with Crippen molar-refractivity contribution < 1.29 is 18.8 Å². The van der Waals surface area contributed by atoms with Crippen LogP contribution in [0.1, 0.15) is 29.1 Å². The largest absolute Gasteiger partial charge is 0.383 e. The lowest BCUT2D eigenvalue weighted by Gasteiger charge is -2.31. The van der Waals surface area contributed by atoms with Crippen LogP contribution in [0.3, 0.4) is 0 Å². The van der Waals surface area contributed by atoms with Crippen LogP contribution in [-0.2, 0) is 16.1 Å². The van der Waals surface area contributed by atoms with Crippen molar-refractivity contribution >= 4 is 29.1 Å². The van der Waals surface area contributed by atoms with Crippen LogP contribution in [0.15, 0.2) is 53.1 Å². The van der Waals surface area contributed by atoms with E-state index in [0.717, 1.165) is 24.9 Å². The van der Waals surface area contributed by atoms with Crippen LogP contribution >= 0.6 is 11.6 Å². The maximum absolute atomic E-state index is 13.1. The van der Waals surface area contributed by atoms with E-state index in [1.54, 1.807) is 43.5 Å². The first-order valence-electron chi connectivity index (χ1n) is 11.5. The Bertz CT molecular complexity index is 1170. The molecule has 1 atom stereocenters. The number of rotatable bonds is 9. The second-order valence-corrected chi connectivity index (χ2v) is 8.82. The Kier molecular flexibility index (Phi) is 8.46. The Morgan fingerprint density at radius 1 is 1.23 bits per heavy atom. The van der Waals surface area contributed by atoms with E-state index in [0.29, 0.717) is 54.2 Å². The summed E-state index contributed by atoms with van der Waals surface area (Å²) in [5.74, 6) is 0.379. The van der Waals surface area contributed by atoms with Crippen LogP contribution in [0.25, 0.3) is 11.4 Å². The predicted molar refractivity (Wildman–Crippen MR) is 132 cm³/mol. The Hall–Kier alpha value is -3.27. The van der Waals surface area contributed by atoms with Gasteiger partial charge < -0.3 is 19.9 Å². The number of carbonyl (C=O) groups excluding carboxylic acids is 2. The van der Waals surface area contributed by atoms with Gasteiger partial charge in [-0.25, -0.2) is 0 Å². The molecule has 10 heteroatoms. The summed E-state index contributed by atoms with van der Waals surface area (Å²) in [6.45, 7) is 2.65. The molecular formula is C25H28ClN5O4. The molecule has 1 fully saturated rings. The summed E-state index contributed by atoms with van der Waals surface area (Å²) in [5.41, 5.74) is 1.70. The van der Waals surface area contributed by atoms with Gasteiger partial charge in [-0.05, 0) is 43.7 Å². The molecule has 0 spiro atoms. The SMILES string of the molecule is COCCNC(=O)c1ccccc1NC(=O)C1CCCN(Cc2nc(-c3cccc(Cl)c3)no2)C1. The first-order chi connectivity index (χ1) is 17.0. The summed E-state index contributed by atoms with van der Waals surface area (Å²) in [5, 5.41) is 10.4. The standard InChI is InChI=1S/C25H28ClN5O4/c1-34-13-11-27-25(33)20-9-2-3-10-21(20)28-24(32)18-7-5-12-31(15-18)16-22-29-23(30-35-22)17-6-4-8-19(26)14-17/h2-4,6,8-10,14,18H,5,7,11-13,15-16H2,1H3,(H,27,33)(H,28,32). The second kappa shape index (κ2) is 11.9.